The molecular weight excluding hydrogens is 192 g/mol. The molecule has 2 N–H and O–H groups in total. The molecule has 0 aliphatic heterocycles. The van der Waals surface area contributed by atoms with Crippen molar-refractivity contribution in [3.8, 4) is 5.88 Å². The fourth-order valence-corrected chi connectivity index (χ4v) is 0.953. The SMILES string of the molecule is COc1cc(C(N)=NCC(C)C)ncn1. The molecule has 0 radical (unpaired) electrons. The van der Waals surface area contributed by atoms with E-state index in [1.165, 1.54) is 6.33 Å². The summed E-state index contributed by atoms with van der Waals surface area (Å²) < 4.78 is 4.97. The van der Waals surface area contributed by atoms with E-state index in [-0.39, 0.29) is 0 Å². The second-order valence-corrected chi connectivity index (χ2v) is 3.57. The Bertz CT molecular complexity index is 349. The number of nitrogens with two attached hydrogens (primary N) is 1. The van der Waals surface area contributed by atoms with Gasteiger partial charge >= 0.3 is 0 Å². The van der Waals surface area contributed by atoms with E-state index in [4.69, 9.17) is 10.5 Å². The largest absolute Gasteiger partial charge is 0.481 e. The van der Waals surface area contributed by atoms with Crippen molar-refractivity contribution >= 4 is 5.84 Å². The van der Waals surface area contributed by atoms with Gasteiger partial charge in [-0.2, -0.15) is 0 Å². The van der Waals surface area contributed by atoms with Gasteiger partial charge in [-0.15, -0.1) is 0 Å². The van der Waals surface area contributed by atoms with Gasteiger partial charge in [0.2, 0.25) is 5.88 Å². The zero-order valence-electron chi connectivity index (χ0n) is 9.27. The van der Waals surface area contributed by atoms with E-state index in [2.05, 4.69) is 28.8 Å². The monoisotopic (exact) mass is 208 g/mol. The smallest absolute Gasteiger partial charge is 0.216 e. The Kier molecular flexibility index (Phi) is 4.03. The van der Waals surface area contributed by atoms with Crippen molar-refractivity contribution in [3.05, 3.63) is 18.1 Å². The third-order valence-electron chi connectivity index (χ3n) is 1.74. The topological polar surface area (TPSA) is 73.4 Å². The van der Waals surface area contributed by atoms with Crippen molar-refractivity contribution < 1.29 is 4.74 Å². The van der Waals surface area contributed by atoms with Crippen LogP contribution in [0.15, 0.2) is 17.4 Å². The summed E-state index contributed by atoms with van der Waals surface area (Å²) in [4.78, 5) is 12.1. The zero-order chi connectivity index (χ0) is 11.3. The van der Waals surface area contributed by atoms with Gasteiger partial charge in [-0.1, -0.05) is 13.8 Å². The zero-order valence-corrected chi connectivity index (χ0v) is 9.27. The van der Waals surface area contributed by atoms with Gasteiger partial charge in [0.05, 0.1) is 7.11 Å². The Morgan fingerprint density at radius 1 is 1.53 bits per heavy atom. The number of aromatic nitrogens is 2. The van der Waals surface area contributed by atoms with E-state index in [0.29, 0.717) is 29.9 Å². The first kappa shape index (κ1) is 11.4. The van der Waals surface area contributed by atoms with Crippen LogP contribution < -0.4 is 10.5 Å². The average molecular weight is 208 g/mol. The number of nitrogens with zero attached hydrogens (tertiary/aromatic N) is 3. The van der Waals surface area contributed by atoms with Gasteiger partial charge in [0.25, 0.3) is 0 Å². The highest BCUT2D eigenvalue weighted by atomic mass is 16.5. The van der Waals surface area contributed by atoms with Crippen molar-refractivity contribution in [2.45, 2.75) is 13.8 Å². The molecule has 5 heteroatoms. The second kappa shape index (κ2) is 5.29. The lowest BCUT2D eigenvalue weighted by Gasteiger charge is -2.03. The van der Waals surface area contributed by atoms with Gasteiger partial charge in [0.1, 0.15) is 17.9 Å². The standard InChI is InChI=1S/C10H16N4O/c1-7(2)5-12-10(11)8-4-9(15-3)14-6-13-8/h4,6-7H,5H2,1-3H3,(H2,11,12). The quantitative estimate of drug-likeness (QED) is 0.588. The van der Waals surface area contributed by atoms with Crippen LogP contribution in [0.1, 0.15) is 19.5 Å². The lowest BCUT2D eigenvalue weighted by Crippen LogP contribution is -2.17. The third-order valence-corrected chi connectivity index (χ3v) is 1.74. The fraction of sp³-hybridized carbons (Fsp3) is 0.500. The van der Waals surface area contributed by atoms with Crippen LogP contribution in [0.25, 0.3) is 0 Å². The maximum absolute atomic E-state index is 5.77. The minimum absolute atomic E-state index is 0.421. The van der Waals surface area contributed by atoms with Gasteiger partial charge in [-0.05, 0) is 5.92 Å². The fourth-order valence-electron chi connectivity index (χ4n) is 0.953. The lowest BCUT2D eigenvalue weighted by molar-refractivity contribution is 0.396. The van der Waals surface area contributed by atoms with Gasteiger partial charge in [-0.3, -0.25) is 4.99 Å². The maximum Gasteiger partial charge on any atom is 0.216 e. The van der Waals surface area contributed by atoms with E-state index >= 15 is 0 Å². The van der Waals surface area contributed by atoms with Crippen LogP contribution in [-0.4, -0.2) is 29.5 Å². The first-order valence-electron chi connectivity index (χ1n) is 4.79. The third kappa shape index (κ3) is 3.53. The second-order valence-electron chi connectivity index (χ2n) is 3.57. The van der Waals surface area contributed by atoms with E-state index in [0.717, 1.165) is 0 Å². The van der Waals surface area contributed by atoms with Crippen molar-refractivity contribution in [3.63, 3.8) is 0 Å². The Hall–Kier alpha value is -1.65. The Morgan fingerprint density at radius 3 is 2.87 bits per heavy atom. The highest BCUT2D eigenvalue weighted by Gasteiger charge is 2.03. The maximum atomic E-state index is 5.77. The van der Waals surface area contributed by atoms with Gasteiger partial charge < -0.3 is 10.5 Å². The molecule has 0 spiro atoms. The number of ether oxygens (including phenoxy) is 1. The Morgan fingerprint density at radius 2 is 2.27 bits per heavy atom. The average Bonchev–Trinajstić information content (AvgIpc) is 2.26. The first-order valence-corrected chi connectivity index (χ1v) is 4.79. The highest BCUT2D eigenvalue weighted by molar-refractivity contribution is 5.95. The molecule has 0 aliphatic carbocycles. The molecule has 0 unspecified atom stereocenters. The molecule has 0 saturated heterocycles. The number of methoxy groups -OCH3 is 1. The van der Waals surface area contributed by atoms with Crippen molar-refractivity contribution in [2.75, 3.05) is 13.7 Å². The molecule has 0 fully saturated rings. The van der Waals surface area contributed by atoms with Crippen molar-refractivity contribution in [2.24, 2.45) is 16.6 Å². The predicted molar refractivity (Wildman–Crippen MR) is 59.0 cm³/mol. The van der Waals surface area contributed by atoms with Crippen LogP contribution in [0.5, 0.6) is 5.88 Å². The van der Waals surface area contributed by atoms with Crippen LogP contribution in [0.4, 0.5) is 0 Å². The minimum atomic E-state index is 0.421. The number of hydrogen-bond donors (Lipinski definition) is 1. The highest BCUT2D eigenvalue weighted by Crippen LogP contribution is 2.05. The summed E-state index contributed by atoms with van der Waals surface area (Å²) in [6.45, 7) is 4.85. The van der Waals surface area contributed by atoms with E-state index in [1.807, 2.05) is 0 Å². The normalized spacial score (nSPS) is 11.9. The van der Waals surface area contributed by atoms with Crippen molar-refractivity contribution in [1.82, 2.24) is 9.97 Å². The Labute approximate surface area is 89.4 Å². The van der Waals surface area contributed by atoms with Gasteiger partial charge in [-0.25, -0.2) is 9.97 Å². The van der Waals surface area contributed by atoms with Gasteiger partial charge in [0, 0.05) is 12.6 Å². The molecule has 0 aromatic carbocycles. The van der Waals surface area contributed by atoms with E-state index in [9.17, 15) is 0 Å². The molecule has 1 aromatic heterocycles. The molecule has 5 nitrogen and oxygen atoms in total. The lowest BCUT2D eigenvalue weighted by atomic mass is 10.2. The molecule has 0 atom stereocenters. The summed E-state index contributed by atoms with van der Waals surface area (Å²) >= 11 is 0. The van der Waals surface area contributed by atoms with Crippen LogP contribution in [0.2, 0.25) is 0 Å². The van der Waals surface area contributed by atoms with Crippen LogP contribution in [0.3, 0.4) is 0 Å². The molecule has 0 aliphatic rings. The van der Waals surface area contributed by atoms with Crippen molar-refractivity contribution in [1.29, 1.82) is 0 Å². The molecule has 0 bridgehead atoms. The predicted octanol–water partition coefficient (Wildman–Crippen LogP) is 0.846. The number of rotatable bonds is 4. The molecule has 1 heterocycles. The Balaban J connectivity index is 2.81. The van der Waals surface area contributed by atoms with Crippen LogP contribution in [0, 0.1) is 5.92 Å². The summed E-state index contributed by atoms with van der Waals surface area (Å²) in [5, 5.41) is 0. The summed E-state index contributed by atoms with van der Waals surface area (Å²) in [7, 11) is 1.55. The van der Waals surface area contributed by atoms with E-state index in [1.54, 1.807) is 13.2 Å². The summed E-state index contributed by atoms with van der Waals surface area (Å²) in [5.74, 6) is 1.39. The van der Waals surface area contributed by atoms with E-state index < -0.39 is 0 Å². The molecular formula is C10H16N4O. The number of aliphatic imine (C=N–C) groups is 1. The molecule has 1 aromatic rings. The summed E-state index contributed by atoms with van der Waals surface area (Å²) in [6.07, 6.45) is 1.41. The molecule has 1 rings (SSSR count). The number of hydrogen-bond acceptors (Lipinski definition) is 4. The minimum Gasteiger partial charge on any atom is -0.481 e. The molecule has 0 saturated carbocycles. The number of amidine groups is 1. The molecule has 82 valence electrons. The summed E-state index contributed by atoms with van der Waals surface area (Å²) in [6, 6.07) is 1.67. The van der Waals surface area contributed by atoms with Gasteiger partial charge in [0.15, 0.2) is 0 Å². The van der Waals surface area contributed by atoms with Crippen LogP contribution in [-0.2, 0) is 0 Å². The molecule has 15 heavy (non-hydrogen) atoms. The first-order chi connectivity index (χ1) is 7.13. The van der Waals surface area contributed by atoms with Crippen LogP contribution >= 0.6 is 0 Å². The molecule has 0 amide bonds. The summed E-state index contributed by atoms with van der Waals surface area (Å²) in [5.41, 5.74) is 6.37.